The van der Waals surface area contributed by atoms with Gasteiger partial charge in [-0.15, -0.1) is 0 Å². The van der Waals surface area contributed by atoms with E-state index < -0.39 is 23.7 Å². The van der Waals surface area contributed by atoms with Gasteiger partial charge in [-0.2, -0.15) is 13.2 Å². The van der Waals surface area contributed by atoms with Crippen LogP contribution in [0.2, 0.25) is 0 Å². The van der Waals surface area contributed by atoms with E-state index in [1.54, 1.807) is 0 Å². The highest BCUT2D eigenvalue weighted by molar-refractivity contribution is 5.95. The number of nitrogens with two attached hydrogens (primary N) is 1. The van der Waals surface area contributed by atoms with Crippen LogP contribution >= 0.6 is 0 Å². The molecule has 11 heteroatoms. The number of carbonyl (C=O) groups excluding carboxylic acids is 2. The van der Waals surface area contributed by atoms with Crippen LogP contribution in [0, 0.1) is 0 Å². The van der Waals surface area contributed by atoms with Crippen LogP contribution in [0.1, 0.15) is 15.9 Å². The molecule has 2 amide bonds. The summed E-state index contributed by atoms with van der Waals surface area (Å²) >= 11 is 0. The molecule has 1 aromatic heterocycles. The third-order valence-electron chi connectivity index (χ3n) is 4.45. The number of nitrogens with one attached hydrogen (secondary N) is 1. The van der Waals surface area contributed by atoms with Gasteiger partial charge >= 0.3 is 18.2 Å². The number of hydrogen-bond acceptors (Lipinski definition) is 6. The fraction of sp³-hybridized carbons (Fsp3) is 0.136. The fourth-order valence-corrected chi connectivity index (χ4v) is 2.95. The fourth-order valence-electron chi connectivity index (χ4n) is 2.95. The van der Waals surface area contributed by atoms with E-state index >= 15 is 0 Å². The van der Waals surface area contributed by atoms with Crippen molar-refractivity contribution in [2.45, 2.75) is 6.18 Å². The van der Waals surface area contributed by atoms with E-state index in [2.05, 4.69) is 15.0 Å². The van der Waals surface area contributed by atoms with E-state index in [-0.39, 0.29) is 39.8 Å². The van der Waals surface area contributed by atoms with Gasteiger partial charge in [-0.3, -0.25) is 0 Å². The van der Waals surface area contributed by atoms with Gasteiger partial charge in [0.2, 0.25) is 5.88 Å². The van der Waals surface area contributed by atoms with Crippen LogP contribution in [0.25, 0.3) is 11.1 Å². The minimum atomic E-state index is -4.60. The molecule has 0 atom stereocenters. The van der Waals surface area contributed by atoms with Crippen LogP contribution in [-0.2, 0) is 10.9 Å². The quantitative estimate of drug-likeness (QED) is 0.508. The number of primary amides is 1. The standard InChI is InChI=1S/C22H18F3N3O5/c1-31-18-7-4-13(22(23,24)25)9-16(18)15-10-14(5-6-17(15)28-21(26)30)33-19-8-3-12(11-27-19)20(29)32-2/h3-11H,1-2H3,(H3,26,28,30). The topological polar surface area (TPSA) is 113 Å². The summed E-state index contributed by atoms with van der Waals surface area (Å²) in [6.45, 7) is 0. The van der Waals surface area contributed by atoms with Gasteiger partial charge in [0, 0.05) is 23.4 Å². The Morgan fingerprint density at radius 1 is 1.00 bits per heavy atom. The molecule has 0 aliphatic carbocycles. The average Bonchev–Trinajstić information content (AvgIpc) is 2.78. The molecule has 0 aliphatic heterocycles. The molecule has 0 radical (unpaired) electrons. The number of amides is 2. The second-order valence-electron chi connectivity index (χ2n) is 6.59. The lowest BCUT2D eigenvalue weighted by molar-refractivity contribution is -0.137. The zero-order valence-corrected chi connectivity index (χ0v) is 17.4. The van der Waals surface area contributed by atoms with E-state index in [0.717, 1.165) is 12.1 Å². The van der Waals surface area contributed by atoms with Crippen molar-refractivity contribution in [3.05, 3.63) is 65.9 Å². The highest BCUT2D eigenvalue weighted by Crippen LogP contribution is 2.41. The third-order valence-corrected chi connectivity index (χ3v) is 4.45. The highest BCUT2D eigenvalue weighted by atomic mass is 19.4. The molecule has 1 heterocycles. The van der Waals surface area contributed by atoms with Crippen molar-refractivity contribution < 1.29 is 37.0 Å². The number of halogens is 3. The maximum Gasteiger partial charge on any atom is 0.416 e. The van der Waals surface area contributed by atoms with E-state index in [9.17, 15) is 22.8 Å². The van der Waals surface area contributed by atoms with Crippen molar-refractivity contribution in [2.24, 2.45) is 5.73 Å². The van der Waals surface area contributed by atoms with Gasteiger partial charge in [-0.1, -0.05) is 0 Å². The molecular weight excluding hydrogens is 443 g/mol. The summed E-state index contributed by atoms with van der Waals surface area (Å²) in [5, 5.41) is 2.38. The summed E-state index contributed by atoms with van der Waals surface area (Å²) in [5.41, 5.74) is 4.87. The average molecular weight is 461 g/mol. The molecule has 3 rings (SSSR count). The first-order valence-corrected chi connectivity index (χ1v) is 9.30. The summed E-state index contributed by atoms with van der Waals surface area (Å²) in [6, 6.07) is 9.19. The van der Waals surface area contributed by atoms with Crippen LogP contribution < -0.4 is 20.5 Å². The first-order chi connectivity index (χ1) is 15.6. The summed E-state index contributed by atoms with van der Waals surface area (Å²) in [4.78, 5) is 27.0. The molecule has 0 spiro atoms. The van der Waals surface area contributed by atoms with E-state index in [1.807, 2.05) is 0 Å². The Hall–Kier alpha value is -4.28. The maximum absolute atomic E-state index is 13.3. The molecule has 33 heavy (non-hydrogen) atoms. The number of urea groups is 1. The number of anilines is 1. The molecular formula is C22H18F3N3O5. The molecule has 0 bridgehead atoms. The second-order valence-corrected chi connectivity index (χ2v) is 6.59. The van der Waals surface area contributed by atoms with Crippen molar-refractivity contribution >= 4 is 17.7 Å². The lowest BCUT2D eigenvalue weighted by Gasteiger charge is -2.17. The summed E-state index contributed by atoms with van der Waals surface area (Å²) < 4.78 is 55.4. The first-order valence-electron chi connectivity index (χ1n) is 9.30. The first kappa shape index (κ1) is 23.4. The van der Waals surface area contributed by atoms with Crippen LogP contribution in [0.3, 0.4) is 0 Å². The molecule has 0 fully saturated rings. The summed E-state index contributed by atoms with van der Waals surface area (Å²) in [7, 11) is 2.54. The molecule has 0 aliphatic rings. The Bertz CT molecular complexity index is 1180. The smallest absolute Gasteiger partial charge is 0.416 e. The van der Waals surface area contributed by atoms with Crippen molar-refractivity contribution in [1.82, 2.24) is 4.98 Å². The Morgan fingerprint density at radius 3 is 2.33 bits per heavy atom. The van der Waals surface area contributed by atoms with Crippen molar-refractivity contribution in [3.63, 3.8) is 0 Å². The number of methoxy groups -OCH3 is 2. The number of benzene rings is 2. The van der Waals surface area contributed by atoms with E-state index in [4.69, 9.17) is 15.2 Å². The number of carbonyl (C=O) groups is 2. The monoisotopic (exact) mass is 461 g/mol. The van der Waals surface area contributed by atoms with Gasteiger partial charge in [0.15, 0.2) is 0 Å². The van der Waals surface area contributed by atoms with Gasteiger partial charge in [0.1, 0.15) is 11.5 Å². The summed E-state index contributed by atoms with van der Waals surface area (Å²) in [5.74, 6) is -0.138. The largest absolute Gasteiger partial charge is 0.496 e. The molecule has 3 N–H and O–H groups in total. The van der Waals surface area contributed by atoms with E-state index in [0.29, 0.717) is 0 Å². The normalized spacial score (nSPS) is 10.9. The Morgan fingerprint density at radius 2 is 1.76 bits per heavy atom. The van der Waals surface area contributed by atoms with Crippen molar-refractivity contribution in [1.29, 1.82) is 0 Å². The number of esters is 1. The molecule has 0 saturated carbocycles. The minimum Gasteiger partial charge on any atom is -0.496 e. The molecule has 0 saturated heterocycles. The number of hydrogen-bond donors (Lipinski definition) is 2. The van der Waals surface area contributed by atoms with Crippen LogP contribution in [0.5, 0.6) is 17.4 Å². The van der Waals surface area contributed by atoms with Crippen molar-refractivity contribution in [2.75, 3.05) is 19.5 Å². The number of ether oxygens (including phenoxy) is 3. The predicted molar refractivity (Wildman–Crippen MR) is 112 cm³/mol. The van der Waals surface area contributed by atoms with Gasteiger partial charge in [0.25, 0.3) is 0 Å². The number of aromatic nitrogens is 1. The highest BCUT2D eigenvalue weighted by Gasteiger charge is 2.31. The third kappa shape index (κ3) is 5.50. The molecule has 3 aromatic rings. The molecule has 0 unspecified atom stereocenters. The van der Waals surface area contributed by atoms with Gasteiger partial charge in [-0.05, 0) is 42.5 Å². The number of alkyl halides is 3. The minimum absolute atomic E-state index is 0.0514. The summed E-state index contributed by atoms with van der Waals surface area (Å²) in [6.07, 6.45) is -3.35. The van der Waals surface area contributed by atoms with E-state index in [1.165, 1.54) is 56.8 Å². The molecule has 8 nitrogen and oxygen atoms in total. The lowest BCUT2D eigenvalue weighted by Crippen LogP contribution is -2.19. The van der Waals surface area contributed by atoms with Crippen molar-refractivity contribution in [3.8, 4) is 28.5 Å². The Balaban J connectivity index is 2.06. The predicted octanol–water partition coefficient (Wildman–Crippen LogP) is 4.85. The van der Waals surface area contributed by atoms with Gasteiger partial charge in [0.05, 0.1) is 31.0 Å². The number of nitrogens with zero attached hydrogens (tertiary/aromatic N) is 1. The van der Waals surface area contributed by atoms with Crippen LogP contribution in [-0.4, -0.2) is 31.2 Å². The maximum atomic E-state index is 13.3. The molecule has 2 aromatic carbocycles. The van der Waals surface area contributed by atoms with Gasteiger partial charge < -0.3 is 25.3 Å². The second kappa shape index (κ2) is 9.47. The molecule has 172 valence electrons. The zero-order valence-electron chi connectivity index (χ0n) is 17.4. The number of rotatable bonds is 6. The zero-order chi connectivity index (χ0) is 24.2. The number of pyridine rings is 1. The van der Waals surface area contributed by atoms with Crippen LogP contribution in [0.15, 0.2) is 54.7 Å². The Labute approximate surface area is 186 Å². The van der Waals surface area contributed by atoms with Gasteiger partial charge in [-0.25, -0.2) is 14.6 Å². The Kier molecular flexibility index (Phi) is 6.71. The SMILES string of the molecule is COC(=O)c1ccc(Oc2ccc(NC(N)=O)c(-c3cc(C(F)(F)F)ccc3OC)c2)nc1. The van der Waals surface area contributed by atoms with Crippen LogP contribution in [0.4, 0.5) is 23.7 Å². The lowest BCUT2D eigenvalue weighted by atomic mass is 9.99.